The molecular formula is C20H37NO3Si. The molecule has 4 nitrogen and oxygen atoms in total. The smallest absolute Gasteiger partial charge is 0.411 e. The number of hydrogen-bond acceptors (Lipinski definition) is 3. The molecule has 1 amide bonds. The SMILES string of the molecule is CC[Si](CC)(CC)OC1=CC2(C)CCC(C)(C1)N2C(=O)OC(C)(C)C. The second kappa shape index (κ2) is 6.64. The maximum absolute atomic E-state index is 12.9. The van der Waals surface area contributed by atoms with Gasteiger partial charge in [0.1, 0.15) is 5.60 Å². The molecule has 0 spiro atoms. The normalized spacial score (nSPS) is 29.4. The molecule has 25 heavy (non-hydrogen) atoms. The van der Waals surface area contributed by atoms with Crippen LogP contribution < -0.4 is 0 Å². The number of fused-ring (bicyclic) bond motifs is 2. The minimum atomic E-state index is -1.69. The molecule has 1 fully saturated rings. The average Bonchev–Trinajstić information content (AvgIpc) is 2.66. The lowest BCUT2D eigenvalue weighted by atomic mass is 9.90. The molecule has 2 aliphatic rings. The Kier molecular flexibility index (Phi) is 5.40. The molecule has 2 rings (SSSR count). The molecule has 0 radical (unpaired) electrons. The summed E-state index contributed by atoms with van der Waals surface area (Å²) in [6.45, 7) is 16.9. The third-order valence-electron chi connectivity index (χ3n) is 6.10. The quantitative estimate of drug-likeness (QED) is 0.573. The summed E-state index contributed by atoms with van der Waals surface area (Å²) in [6, 6.07) is 3.42. The van der Waals surface area contributed by atoms with Crippen LogP contribution in [0.2, 0.25) is 18.1 Å². The maximum atomic E-state index is 12.9. The van der Waals surface area contributed by atoms with E-state index in [-0.39, 0.29) is 17.2 Å². The highest BCUT2D eigenvalue weighted by molar-refractivity contribution is 6.73. The summed E-state index contributed by atoms with van der Waals surface area (Å²) >= 11 is 0. The van der Waals surface area contributed by atoms with Crippen molar-refractivity contribution in [3.63, 3.8) is 0 Å². The average molecular weight is 368 g/mol. The van der Waals surface area contributed by atoms with Gasteiger partial charge >= 0.3 is 6.09 Å². The van der Waals surface area contributed by atoms with Gasteiger partial charge in [-0.25, -0.2) is 4.79 Å². The van der Waals surface area contributed by atoms with Crippen molar-refractivity contribution in [2.45, 2.75) is 109 Å². The van der Waals surface area contributed by atoms with E-state index in [1.165, 1.54) is 0 Å². The first-order valence-corrected chi connectivity index (χ1v) is 12.4. The highest BCUT2D eigenvalue weighted by Crippen LogP contribution is 2.50. The summed E-state index contributed by atoms with van der Waals surface area (Å²) in [5.41, 5.74) is -0.991. The van der Waals surface area contributed by atoms with Gasteiger partial charge in [-0.3, -0.25) is 4.90 Å². The second-order valence-corrected chi connectivity index (χ2v) is 14.0. The van der Waals surface area contributed by atoms with Crippen molar-refractivity contribution in [3.05, 3.63) is 11.8 Å². The van der Waals surface area contributed by atoms with Gasteiger partial charge in [0.05, 0.1) is 16.8 Å². The van der Waals surface area contributed by atoms with Crippen LogP contribution in [0.4, 0.5) is 4.79 Å². The summed E-state index contributed by atoms with van der Waals surface area (Å²) in [6.07, 6.45) is 4.78. The molecule has 0 aromatic carbocycles. The molecule has 0 aromatic rings. The molecule has 0 N–H and O–H groups in total. The zero-order valence-corrected chi connectivity index (χ0v) is 18.5. The molecule has 2 unspecified atom stereocenters. The topological polar surface area (TPSA) is 38.8 Å². The standard InChI is InChI=1S/C20H37NO3Si/c1-9-25(10-2,11-3)24-16-14-19(7)12-13-20(8,15-16)21(19)17(22)23-18(4,5)6/h14H,9-13,15H2,1-8H3. The van der Waals surface area contributed by atoms with E-state index >= 15 is 0 Å². The van der Waals surface area contributed by atoms with Crippen LogP contribution in [0.5, 0.6) is 0 Å². The first-order valence-electron chi connectivity index (χ1n) is 9.86. The summed E-state index contributed by atoms with van der Waals surface area (Å²) in [5, 5.41) is 0. The van der Waals surface area contributed by atoms with E-state index in [0.29, 0.717) is 0 Å². The highest BCUT2D eigenvalue weighted by Gasteiger charge is 2.56. The monoisotopic (exact) mass is 367 g/mol. The van der Waals surface area contributed by atoms with Crippen LogP contribution in [-0.4, -0.2) is 36.0 Å². The van der Waals surface area contributed by atoms with Crippen molar-refractivity contribution in [3.8, 4) is 0 Å². The first kappa shape index (κ1) is 20.3. The minimum Gasteiger partial charge on any atom is -0.547 e. The fourth-order valence-corrected chi connectivity index (χ4v) is 7.11. The van der Waals surface area contributed by atoms with Crippen LogP contribution in [0, 0.1) is 0 Å². The fourth-order valence-electron chi connectivity index (χ4n) is 4.49. The van der Waals surface area contributed by atoms with Gasteiger partial charge in [0.2, 0.25) is 8.32 Å². The van der Waals surface area contributed by atoms with E-state index in [1.54, 1.807) is 0 Å². The van der Waals surface area contributed by atoms with Gasteiger partial charge in [-0.05, 0) is 71.7 Å². The number of hydrogen-bond donors (Lipinski definition) is 0. The zero-order chi connectivity index (χ0) is 19.1. The van der Waals surface area contributed by atoms with Gasteiger partial charge in [0.25, 0.3) is 0 Å². The predicted octanol–water partition coefficient (Wildman–Crippen LogP) is 5.84. The van der Waals surface area contributed by atoms with Gasteiger partial charge in [-0.1, -0.05) is 20.8 Å². The van der Waals surface area contributed by atoms with E-state index in [1.807, 2.05) is 25.7 Å². The van der Waals surface area contributed by atoms with Crippen molar-refractivity contribution in [2.75, 3.05) is 0 Å². The number of carbonyl (C=O) groups excluding carboxylic acids is 1. The Hall–Kier alpha value is -0.973. The molecule has 2 atom stereocenters. The van der Waals surface area contributed by atoms with Crippen LogP contribution in [-0.2, 0) is 9.16 Å². The lowest BCUT2D eigenvalue weighted by molar-refractivity contribution is -0.0135. The van der Waals surface area contributed by atoms with Crippen LogP contribution in [0.3, 0.4) is 0 Å². The van der Waals surface area contributed by atoms with Crippen LogP contribution in [0.25, 0.3) is 0 Å². The Balaban J connectivity index is 2.30. The van der Waals surface area contributed by atoms with E-state index in [4.69, 9.17) is 9.16 Å². The lowest BCUT2D eigenvalue weighted by Gasteiger charge is -2.47. The Labute approximate surface area is 155 Å². The van der Waals surface area contributed by atoms with E-state index in [2.05, 4.69) is 40.7 Å². The van der Waals surface area contributed by atoms with Gasteiger partial charge in [0, 0.05) is 6.42 Å². The molecule has 0 aromatic heterocycles. The number of amides is 1. The largest absolute Gasteiger partial charge is 0.547 e. The number of carbonyl (C=O) groups is 1. The molecule has 144 valence electrons. The van der Waals surface area contributed by atoms with Crippen molar-refractivity contribution in [1.82, 2.24) is 4.90 Å². The van der Waals surface area contributed by atoms with Crippen LogP contribution >= 0.6 is 0 Å². The van der Waals surface area contributed by atoms with E-state index in [0.717, 1.165) is 43.2 Å². The number of ether oxygens (including phenoxy) is 1. The van der Waals surface area contributed by atoms with Crippen molar-refractivity contribution in [2.24, 2.45) is 0 Å². The van der Waals surface area contributed by atoms with E-state index < -0.39 is 13.9 Å². The molecule has 0 saturated carbocycles. The number of nitrogens with zero attached hydrogens (tertiary/aromatic N) is 1. The molecule has 1 saturated heterocycles. The predicted molar refractivity (Wildman–Crippen MR) is 105 cm³/mol. The highest BCUT2D eigenvalue weighted by atomic mass is 28.4. The summed E-state index contributed by atoms with van der Waals surface area (Å²) in [5.74, 6) is 1.11. The Bertz CT molecular complexity index is 541. The summed E-state index contributed by atoms with van der Waals surface area (Å²) < 4.78 is 12.4. The minimum absolute atomic E-state index is 0.199. The van der Waals surface area contributed by atoms with Crippen LogP contribution in [0.15, 0.2) is 11.8 Å². The summed E-state index contributed by atoms with van der Waals surface area (Å²) in [4.78, 5) is 14.9. The lowest BCUT2D eigenvalue weighted by Crippen LogP contribution is -2.58. The van der Waals surface area contributed by atoms with Crippen molar-refractivity contribution >= 4 is 14.4 Å². The molecule has 2 aliphatic heterocycles. The van der Waals surface area contributed by atoms with Crippen molar-refractivity contribution < 1.29 is 14.0 Å². The molecule has 2 bridgehead atoms. The van der Waals surface area contributed by atoms with E-state index in [9.17, 15) is 4.79 Å². The van der Waals surface area contributed by atoms with Gasteiger partial charge in [-0.2, -0.15) is 0 Å². The molecular weight excluding hydrogens is 330 g/mol. The van der Waals surface area contributed by atoms with Crippen molar-refractivity contribution in [1.29, 1.82) is 0 Å². The Morgan fingerprint density at radius 1 is 1.16 bits per heavy atom. The maximum Gasteiger partial charge on any atom is 0.411 e. The zero-order valence-electron chi connectivity index (χ0n) is 17.5. The van der Waals surface area contributed by atoms with Crippen LogP contribution in [0.1, 0.15) is 74.7 Å². The first-order chi connectivity index (χ1) is 11.4. The third kappa shape index (κ3) is 3.91. The fraction of sp³-hybridized carbons (Fsp3) is 0.850. The second-order valence-electron chi connectivity index (χ2n) is 9.30. The third-order valence-corrected chi connectivity index (χ3v) is 10.7. The molecule has 0 aliphatic carbocycles. The van der Waals surface area contributed by atoms with Gasteiger partial charge in [0.15, 0.2) is 0 Å². The molecule has 5 heteroatoms. The molecule has 2 heterocycles. The number of rotatable bonds is 5. The van der Waals surface area contributed by atoms with Gasteiger partial charge < -0.3 is 9.16 Å². The Morgan fingerprint density at radius 2 is 1.72 bits per heavy atom. The van der Waals surface area contributed by atoms with Gasteiger partial charge in [-0.15, -0.1) is 0 Å². The Morgan fingerprint density at radius 3 is 2.16 bits per heavy atom. The summed E-state index contributed by atoms with van der Waals surface area (Å²) in [7, 11) is -1.69.